The van der Waals surface area contributed by atoms with Crippen LogP contribution in [0.5, 0.6) is 0 Å². The van der Waals surface area contributed by atoms with Crippen molar-refractivity contribution in [2.24, 2.45) is 11.7 Å². The van der Waals surface area contributed by atoms with Gasteiger partial charge in [0.1, 0.15) is 6.04 Å². The number of carbonyl (C=O) groups excluding carboxylic acids is 2. The van der Waals surface area contributed by atoms with Crippen LogP contribution >= 0.6 is 0 Å². The average Bonchev–Trinajstić information content (AvgIpc) is 2.78. The summed E-state index contributed by atoms with van der Waals surface area (Å²) < 4.78 is 4.63. The van der Waals surface area contributed by atoms with E-state index in [0.29, 0.717) is 13.0 Å². The Bertz CT molecular complexity index is 832. The van der Waals surface area contributed by atoms with Crippen LogP contribution in [0.1, 0.15) is 25.0 Å². The molecule has 0 spiro atoms. The van der Waals surface area contributed by atoms with Gasteiger partial charge in [0.15, 0.2) is 0 Å². The van der Waals surface area contributed by atoms with Crippen LogP contribution < -0.4 is 16.5 Å². The van der Waals surface area contributed by atoms with E-state index in [4.69, 9.17) is 5.73 Å². The molecule has 174 valence electrons. The number of carbonyl (C=O) groups is 2. The molecule has 0 saturated carbocycles. The normalized spacial score (nSPS) is 14.0. The molecule has 0 aliphatic rings. The zero-order valence-corrected chi connectivity index (χ0v) is 18.9. The van der Waals surface area contributed by atoms with Crippen LogP contribution in [-0.2, 0) is 22.5 Å². The highest BCUT2D eigenvalue weighted by Crippen LogP contribution is 2.09. The number of nitrogens with zero attached hydrogens (tertiary/aromatic N) is 1. The van der Waals surface area contributed by atoms with Crippen molar-refractivity contribution in [3.8, 4) is 0 Å². The van der Waals surface area contributed by atoms with Gasteiger partial charge in [-0.15, -0.1) is 0 Å². The standard InChI is InChI=1S/C24H34N4O4/c1-17(2)22(26-24(31)32-3)23(30)27-28(15-19-12-8-5-9-13-19)16-21(29)20(25)14-18-10-6-4-7-11-18/h4-13,17,20-22,29H,14-16,25H2,1-3H3,(H,26,31)(H,27,30)/t20?,21?,22-/m0/s1. The lowest BCUT2D eigenvalue weighted by Crippen LogP contribution is -2.56. The number of nitrogens with two attached hydrogens (primary N) is 1. The molecule has 2 unspecified atom stereocenters. The first kappa shape index (κ1) is 25.3. The third kappa shape index (κ3) is 8.30. The lowest BCUT2D eigenvalue weighted by molar-refractivity contribution is -0.130. The summed E-state index contributed by atoms with van der Waals surface area (Å²) in [4.78, 5) is 24.6. The van der Waals surface area contributed by atoms with Crippen molar-refractivity contribution in [1.82, 2.24) is 15.8 Å². The Labute approximate surface area is 189 Å². The number of hydrogen-bond donors (Lipinski definition) is 4. The van der Waals surface area contributed by atoms with Gasteiger partial charge >= 0.3 is 6.09 Å². The third-order valence-electron chi connectivity index (χ3n) is 5.11. The molecule has 2 aromatic carbocycles. The van der Waals surface area contributed by atoms with Crippen LogP contribution in [0, 0.1) is 5.92 Å². The molecule has 3 atom stereocenters. The minimum atomic E-state index is -0.884. The molecule has 0 radical (unpaired) electrons. The van der Waals surface area contributed by atoms with Crippen molar-refractivity contribution < 1.29 is 19.4 Å². The molecular weight excluding hydrogens is 408 g/mol. The molecule has 32 heavy (non-hydrogen) atoms. The van der Waals surface area contributed by atoms with Gasteiger partial charge in [-0.2, -0.15) is 0 Å². The highest BCUT2D eigenvalue weighted by atomic mass is 16.5. The summed E-state index contributed by atoms with van der Waals surface area (Å²) in [5, 5.41) is 14.9. The molecule has 0 aromatic heterocycles. The number of alkyl carbamates (subject to hydrolysis) is 1. The fourth-order valence-electron chi connectivity index (χ4n) is 3.28. The molecule has 0 fully saturated rings. The summed E-state index contributed by atoms with van der Waals surface area (Å²) >= 11 is 0. The van der Waals surface area contributed by atoms with Gasteiger partial charge in [-0.3, -0.25) is 10.2 Å². The molecule has 5 N–H and O–H groups in total. The Balaban J connectivity index is 2.10. The van der Waals surface area contributed by atoms with Gasteiger partial charge in [0.25, 0.3) is 5.91 Å². The first-order chi connectivity index (χ1) is 15.3. The number of aliphatic hydroxyl groups excluding tert-OH is 1. The molecule has 8 nitrogen and oxygen atoms in total. The molecule has 2 amide bonds. The van der Waals surface area contributed by atoms with Gasteiger partial charge in [0.2, 0.25) is 0 Å². The summed E-state index contributed by atoms with van der Waals surface area (Å²) in [5.41, 5.74) is 11.1. The fraction of sp³-hybridized carbons (Fsp3) is 0.417. The number of benzene rings is 2. The maximum absolute atomic E-state index is 12.9. The predicted molar refractivity (Wildman–Crippen MR) is 123 cm³/mol. The first-order valence-corrected chi connectivity index (χ1v) is 10.7. The molecule has 8 heteroatoms. The summed E-state index contributed by atoms with van der Waals surface area (Å²) in [5.74, 6) is -0.567. The topological polar surface area (TPSA) is 117 Å². The van der Waals surface area contributed by atoms with Crippen molar-refractivity contribution in [2.45, 2.75) is 45.0 Å². The number of amides is 2. The Morgan fingerprint density at radius 3 is 2.12 bits per heavy atom. The Morgan fingerprint density at radius 2 is 1.59 bits per heavy atom. The fourth-order valence-corrected chi connectivity index (χ4v) is 3.28. The van der Waals surface area contributed by atoms with E-state index in [1.54, 1.807) is 5.01 Å². The van der Waals surface area contributed by atoms with Gasteiger partial charge in [-0.25, -0.2) is 9.80 Å². The van der Waals surface area contributed by atoms with E-state index in [1.807, 2.05) is 74.5 Å². The van der Waals surface area contributed by atoms with Gasteiger partial charge in [-0.05, 0) is 23.5 Å². The van der Waals surface area contributed by atoms with Gasteiger partial charge in [-0.1, -0.05) is 74.5 Å². The van der Waals surface area contributed by atoms with Crippen molar-refractivity contribution in [2.75, 3.05) is 13.7 Å². The van der Waals surface area contributed by atoms with E-state index in [-0.39, 0.29) is 12.5 Å². The van der Waals surface area contributed by atoms with E-state index < -0.39 is 30.2 Å². The van der Waals surface area contributed by atoms with E-state index >= 15 is 0 Å². The Morgan fingerprint density at radius 1 is 1.03 bits per heavy atom. The molecule has 2 rings (SSSR count). The molecule has 0 bridgehead atoms. The SMILES string of the molecule is COC(=O)N[C@H](C(=O)NN(Cc1ccccc1)CC(O)C(N)Cc1ccccc1)C(C)C. The van der Waals surface area contributed by atoms with E-state index in [2.05, 4.69) is 15.5 Å². The van der Waals surface area contributed by atoms with E-state index in [9.17, 15) is 14.7 Å². The average molecular weight is 443 g/mol. The predicted octanol–water partition coefficient (Wildman–Crippen LogP) is 1.83. The van der Waals surface area contributed by atoms with Crippen molar-refractivity contribution in [3.05, 3.63) is 71.8 Å². The summed E-state index contributed by atoms with van der Waals surface area (Å²) in [6.07, 6.45) is -1.06. The van der Waals surface area contributed by atoms with Crippen LogP contribution in [0.4, 0.5) is 4.79 Å². The highest BCUT2D eigenvalue weighted by molar-refractivity contribution is 5.85. The highest BCUT2D eigenvalue weighted by Gasteiger charge is 2.27. The smallest absolute Gasteiger partial charge is 0.407 e. The number of rotatable bonds is 11. The Kier molecular flexibility index (Phi) is 10.1. The van der Waals surface area contributed by atoms with Crippen LogP contribution in [0.2, 0.25) is 0 Å². The number of hydrazine groups is 1. The van der Waals surface area contributed by atoms with E-state index in [0.717, 1.165) is 11.1 Å². The lowest BCUT2D eigenvalue weighted by atomic mass is 10.0. The van der Waals surface area contributed by atoms with Crippen LogP contribution in [0.15, 0.2) is 60.7 Å². The number of nitrogens with one attached hydrogen (secondary N) is 2. The first-order valence-electron chi connectivity index (χ1n) is 10.7. The molecule has 2 aromatic rings. The van der Waals surface area contributed by atoms with Crippen LogP contribution in [0.3, 0.4) is 0 Å². The minimum Gasteiger partial charge on any atom is -0.453 e. The van der Waals surface area contributed by atoms with Crippen LogP contribution in [0.25, 0.3) is 0 Å². The second-order valence-electron chi connectivity index (χ2n) is 8.12. The second-order valence-corrected chi connectivity index (χ2v) is 8.12. The zero-order valence-electron chi connectivity index (χ0n) is 18.9. The molecule has 0 saturated heterocycles. The van der Waals surface area contributed by atoms with Gasteiger partial charge in [0.05, 0.1) is 13.2 Å². The number of methoxy groups -OCH3 is 1. The van der Waals surface area contributed by atoms with Gasteiger partial charge in [0, 0.05) is 19.1 Å². The van der Waals surface area contributed by atoms with E-state index in [1.165, 1.54) is 7.11 Å². The molecule has 0 aliphatic heterocycles. The molecule has 0 heterocycles. The largest absolute Gasteiger partial charge is 0.453 e. The Hall–Kier alpha value is -2.94. The quantitative estimate of drug-likeness (QED) is 0.395. The van der Waals surface area contributed by atoms with Gasteiger partial charge < -0.3 is 20.9 Å². The van der Waals surface area contributed by atoms with Crippen LogP contribution in [-0.4, -0.2) is 54.0 Å². The molecular formula is C24H34N4O4. The van der Waals surface area contributed by atoms with Crippen molar-refractivity contribution >= 4 is 12.0 Å². The summed E-state index contributed by atoms with van der Waals surface area (Å²) in [6, 6.07) is 18.0. The number of hydrogen-bond acceptors (Lipinski definition) is 6. The van der Waals surface area contributed by atoms with Crippen molar-refractivity contribution in [1.29, 1.82) is 0 Å². The monoisotopic (exact) mass is 442 g/mol. The third-order valence-corrected chi connectivity index (χ3v) is 5.11. The summed E-state index contributed by atoms with van der Waals surface area (Å²) in [7, 11) is 1.25. The minimum absolute atomic E-state index is 0.123. The number of ether oxygens (including phenoxy) is 1. The molecule has 0 aliphatic carbocycles. The maximum Gasteiger partial charge on any atom is 0.407 e. The lowest BCUT2D eigenvalue weighted by Gasteiger charge is -2.30. The van der Waals surface area contributed by atoms with Crippen molar-refractivity contribution in [3.63, 3.8) is 0 Å². The zero-order chi connectivity index (χ0) is 23.5. The summed E-state index contributed by atoms with van der Waals surface area (Å²) in [6.45, 7) is 4.14. The number of aliphatic hydroxyl groups is 1. The second kappa shape index (κ2) is 12.8. The maximum atomic E-state index is 12.9.